The van der Waals surface area contributed by atoms with Gasteiger partial charge in [-0.1, -0.05) is 97.0 Å². The molecular weight excluding hydrogens is 735 g/mol. The number of esters is 1. The van der Waals surface area contributed by atoms with E-state index in [1.54, 1.807) is 20.8 Å². The molecule has 51 heavy (non-hydrogen) atoms. The van der Waals surface area contributed by atoms with Gasteiger partial charge in [0.2, 0.25) is 11.2 Å². The molecule has 0 aromatic heterocycles. The zero-order valence-corrected chi connectivity index (χ0v) is 31.2. The minimum Gasteiger partial charge on any atom is -0.460 e. The zero-order valence-electron chi connectivity index (χ0n) is 28.5. The largest absolute Gasteiger partial charge is 0.460 e. The molecule has 0 aliphatic rings. The van der Waals surface area contributed by atoms with E-state index in [4.69, 9.17) is 38.4 Å². The van der Waals surface area contributed by atoms with Crippen LogP contribution in [-0.2, 0) is 31.9 Å². The number of carbonyl (C=O) groups excluding carboxylic acids is 1. The van der Waals surface area contributed by atoms with Crippen LogP contribution in [0, 0.1) is 0 Å². The number of benzene rings is 4. The highest BCUT2D eigenvalue weighted by atomic mass is 35.5. The van der Waals surface area contributed by atoms with Crippen LogP contribution in [0.15, 0.2) is 97.1 Å². The number of aliphatic hydroxyl groups is 1. The normalized spacial score (nSPS) is 14.6. The van der Waals surface area contributed by atoms with Crippen molar-refractivity contribution in [3.8, 4) is 0 Å². The third kappa shape index (κ3) is 10.5. The number of nitrogens with two attached hydrogens (primary N) is 1. The van der Waals surface area contributed by atoms with Crippen molar-refractivity contribution in [2.45, 2.75) is 69.4 Å². The maximum atomic E-state index is 14.2. The Morgan fingerprint density at radius 3 is 1.45 bits per heavy atom. The fourth-order valence-corrected chi connectivity index (χ4v) is 5.87. The Kier molecular flexibility index (Phi) is 13.5. The Bertz CT molecular complexity index is 1680. The van der Waals surface area contributed by atoms with Gasteiger partial charge >= 0.3 is 18.3 Å². The predicted molar refractivity (Wildman–Crippen MR) is 190 cm³/mol. The summed E-state index contributed by atoms with van der Waals surface area (Å²) < 4.78 is 94.6. The maximum absolute atomic E-state index is 14.2. The molecule has 0 spiro atoms. The first-order valence-corrected chi connectivity index (χ1v) is 19.6. The van der Waals surface area contributed by atoms with Crippen molar-refractivity contribution in [1.82, 2.24) is 0 Å². The Labute approximate surface area is 304 Å². The Balaban J connectivity index is 0.000000277. The quantitative estimate of drug-likeness (QED) is 0.0767. The topological polar surface area (TPSA) is 81.8 Å². The lowest BCUT2D eigenvalue weighted by atomic mass is 9.85. The van der Waals surface area contributed by atoms with Crippen molar-refractivity contribution >= 4 is 43.7 Å². The maximum Gasteiger partial charge on any atom is 0.425 e. The summed E-state index contributed by atoms with van der Waals surface area (Å²) in [5.41, 5.74) is -0.586. The number of anilines is 1. The van der Waals surface area contributed by atoms with E-state index in [0.29, 0.717) is 16.3 Å². The van der Waals surface area contributed by atoms with Gasteiger partial charge in [-0.05, 0) is 85.0 Å². The number of halogens is 8. The average molecular weight is 775 g/mol. The summed E-state index contributed by atoms with van der Waals surface area (Å²) in [7, 11) is -1.38. The molecule has 3 N–H and O–H groups in total. The molecule has 2 atom stereocenters. The minimum absolute atomic E-state index is 0.00109. The SMILES string of the molecule is CC(C)(C)OC(=O)Cc1ccc(C(O)(c2ccc(Cl)cc2)C(F)(F)F)cc1.C[SiH](C)COC(c1ccc(N)cc1)(c1ccc(Cl)cc1)C(F)(F)F. The molecule has 0 bridgehead atoms. The highest BCUT2D eigenvalue weighted by molar-refractivity contribution is 6.55. The van der Waals surface area contributed by atoms with Gasteiger partial charge < -0.3 is 20.3 Å². The number of alkyl halides is 6. The lowest BCUT2D eigenvalue weighted by Gasteiger charge is -2.37. The van der Waals surface area contributed by atoms with Crippen LogP contribution in [0.2, 0.25) is 23.1 Å². The van der Waals surface area contributed by atoms with Gasteiger partial charge in [-0.15, -0.1) is 0 Å². The minimum atomic E-state index is -4.95. The molecule has 4 aromatic carbocycles. The van der Waals surface area contributed by atoms with Gasteiger partial charge in [-0.3, -0.25) is 4.79 Å². The van der Waals surface area contributed by atoms with E-state index in [1.165, 1.54) is 72.8 Å². The highest BCUT2D eigenvalue weighted by Gasteiger charge is 2.59. The predicted octanol–water partition coefficient (Wildman–Crippen LogP) is 9.79. The first kappa shape index (κ1) is 41.9. The molecule has 0 radical (unpaired) electrons. The monoisotopic (exact) mass is 773 g/mol. The van der Waals surface area contributed by atoms with Gasteiger partial charge in [-0.2, -0.15) is 26.3 Å². The molecule has 0 aliphatic heterocycles. The van der Waals surface area contributed by atoms with Gasteiger partial charge in [0.15, 0.2) is 0 Å². The number of ether oxygens (including phenoxy) is 2. The molecule has 0 fully saturated rings. The Hall–Kier alpha value is -3.55. The molecule has 0 saturated carbocycles. The molecule has 0 amide bonds. The molecule has 14 heteroatoms. The van der Waals surface area contributed by atoms with Crippen molar-refractivity contribution in [3.05, 3.63) is 135 Å². The summed E-state index contributed by atoms with van der Waals surface area (Å²) in [5, 5.41) is 11.2. The third-order valence-electron chi connectivity index (χ3n) is 7.41. The first-order valence-electron chi connectivity index (χ1n) is 15.7. The number of rotatable bonds is 9. The van der Waals surface area contributed by atoms with Crippen LogP contribution < -0.4 is 5.73 Å². The number of carbonyl (C=O) groups is 1. The first-order chi connectivity index (χ1) is 23.5. The summed E-state index contributed by atoms with van der Waals surface area (Å²) in [6.07, 6.45) is -9.58. The second kappa shape index (κ2) is 16.4. The Morgan fingerprint density at radius 2 is 1.08 bits per heavy atom. The molecular formula is C37H39Cl2F6NO4Si. The summed E-state index contributed by atoms with van der Waals surface area (Å²) in [6.45, 7) is 9.05. The van der Waals surface area contributed by atoms with E-state index in [-0.39, 0.29) is 39.9 Å². The van der Waals surface area contributed by atoms with E-state index in [9.17, 15) is 36.2 Å². The second-order valence-electron chi connectivity index (χ2n) is 13.2. The van der Waals surface area contributed by atoms with Crippen LogP contribution in [0.3, 0.4) is 0 Å². The van der Waals surface area contributed by atoms with Crippen molar-refractivity contribution < 1.29 is 45.7 Å². The van der Waals surface area contributed by atoms with Crippen molar-refractivity contribution in [2.24, 2.45) is 0 Å². The van der Waals surface area contributed by atoms with Crippen molar-refractivity contribution in [3.63, 3.8) is 0 Å². The standard InChI is InChI=1S/C20H20ClF3O3.C17H19ClF3NOSi/c1-18(2,3)27-17(25)12-13-4-6-14(7-5-13)19(26,20(22,23)24)15-8-10-16(21)11-9-15;1-24(2)11-23-16(17(19,20)21,12-3-7-14(18)8-4-12)13-5-9-15(22)10-6-13/h4-11,26H,12H2,1-3H3;3-10,24H,11,22H2,1-2H3. The highest BCUT2D eigenvalue weighted by Crippen LogP contribution is 2.48. The lowest BCUT2D eigenvalue weighted by Crippen LogP contribution is -2.47. The van der Waals surface area contributed by atoms with Crippen LogP contribution in [0.25, 0.3) is 0 Å². The fourth-order valence-electron chi connectivity index (χ4n) is 5.03. The van der Waals surface area contributed by atoms with Gasteiger partial charge in [0.1, 0.15) is 5.60 Å². The van der Waals surface area contributed by atoms with Crippen LogP contribution in [0.4, 0.5) is 32.0 Å². The van der Waals surface area contributed by atoms with E-state index >= 15 is 0 Å². The molecule has 0 saturated heterocycles. The number of hydrogen-bond acceptors (Lipinski definition) is 5. The van der Waals surface area contributed by atoms with E-state index in [2.05, 4.69) is 0 Å². The van der Waals surface area contributed by atoms with Gasteiger partial charge in [0.25, 0.3) is 0 Å². The second-order valence-corrected chi connectivity index (χ2v) is 17.2. The van der Waals surface area contributed by atoms with Gasteiger partial charge in [-0.25, -0.2) is 0 Å². The van der Waals surface area contributed by atoms with E-state index in [0.717, 1.165) is 24.3 Å². The summed E-state index contributed by atoms with van der Waals surface area (Å²) >= 11 is 11.6. The molecule has 276 valence electrons. The lowest BCUT2D eigenvalue weighted by molar-refractivity contribution is -0.261. The van der Waals surface area contributed by atoms with Gasteiger partial charge in [0.05, 0.1) is 15.2 Å². The third-order valence-corrected chi connectivity index (χ3v) is 8.75. The Morgan fingerprint density at radius 1 is 0.686 bits per heavy atom. The van der Waals surface area contributed by atoms with Crippen LogP contribution in [0.1, 0.15) is 48.6 Å². The zero-order chi connectivity index (χ0) is 38.4. The average Bonchev–Trinajstić information content (AvgIpc) is 3.01. The summed E-state index contributed by atoms with van der Waals surface area (Å²) in [5.74, 6) is -0.487. The fraction of sp³-hybridized carbons (Fsp3) is 0.324. The van der Waals surface area contributed by atoms with E-state index in [1.807, 2.05) is 13.1 Å². The molecule has 5 nitrogen and oxygen atoms in total. The number of nitrogen functional groups attached to an aromatic ring is 1. The molecule has 4 aromatic rings. The molecule has 2 unspecified atom stereocenters. The molecule has 4 rings (SSSR count). The molecule has 0 heterocycles. The van der Waals surface area contributed by atoms with E-state index < -0.39 is 43.9 Å². The molecule has 0 aliphatic carbocycles. The smallest absolute Gasteiger partial charge is 0.425 e. The van der Waals surface area contributed by atoms with Crippen LogP contribution in [-0.4, -0.2) is 44.1 Å². The summed E-state index contributed by atoms with van der Waals surface area (Å²) in [6, 6.07) is 21.1. The van der Waals surface area contributed by atoms with Crippen molar-refractivity contribution in [1.29, 1.82) is 0 Å². The van der Waals surface area contributed by atoms with Crippen LogP contribution in [0.5, 0.6) is 0 Å². The van der Waals surface area contributed by atoms with Gasteiger partial charge in [0, 0.05) is 22.0 Å². The summed E-state index contributed by atoms with van der Waals surface area (Å²) in [4.78, 5) is 11.9. The van der Waals surface area contributed by atoms with Crippen molar-refractivity contribution in [2.75, 3.05) is 12.0 Å². The van der Waals surface area contributed by atoms with Crippen LogP contribution >= 0.6 is 23.2 Å². The number of hydrogen-bond donors (Lipinski definition) is 2.